The standard InChI is InChI=1S/C32H30O6/c1-32(2)30(33)18-24-13-15-26(19-28(24)38-32)37-31(34)25-14-16-27(35-20-22-9-5-3-6-10-22)29(17-25)36-21-23-11-7-4-8-12-23/h3-17,19,30,33H,18,20-21H2,1-2H3. The van der Waals surface area contributed by atoms with Gasteiger partial charge in [0.05, 0.1) is 11.7 Å². The van der Waals surface area contributed by atoms with E-state index in [2.05, 4.69) is 0 Å². The van der Waals surface area contributed by atoms with Crippen molar-refractivity contribution in [3.05, 3.63) is 119 Å². The maximum atomic E-state index is 13.1. The van der Waals surface area contributed by atoms with Crippen molar-refractivity contribution in [2.75, 3.05) is 0 Å². The molecule has 1 aliphatic rings. The van der Waals surface area contributed by atoms with Crippen molar-refractivity contribution >= 4 is 5.97 Å². The zero-order chi connectivity index (χ0) is 26.5. The van der Waals surface area contributed by atoms with Crippen LogP contribution in [0.4, 0.5) is 0 Å². The Kier molecular flexibility index (Phi) is 7.33. The van der Waals surface area contributed by atoms with Crippen LogP contribution >= 0.6 is 0 Å². The van der Waals surface area contributed by atoms with Crippen LogP contribution in [-0.4, -0.2) is 22.8 Å². The molecule has 0 fully saturated rings. The van der Waals surface area contributed by atoms with Gasteiger partial charge in [-0.25, -0.2) is 4.79 Å². The van der Waals surface area contributed by atoms with Gasteiger partial charge in [-0.05, 0) is 54.8 Å². The molecule has 0 aromatic heterocycles. The number of ether oxygens (including phenoxy) is 4. The van der Waals surface area contributed by atoms with E-state index in [0.29, 0.717) is 48.2 Å². The third-order valence-electron chi connectivity index (χ3n) is 6.49. The first-order valence-electron chi connectivity index (χ1n) is 12.6. The molecule has 0 saturated carbocycles. The topological polar surface area (TPSA) is 74.2 Å². The summed E-state index contributed by atoms with van der Waals surface area (Å²) in [7, 11) is 0. The normalized spacial score (nSPS) is 15.6. The second kappa shape index (κ2) is 11.0. The van der Waals surface area contributed by atoms with Crippen LogP contribution in [0.2, 0.25) is 0 Å². The number of aliphatic hydroxyl groups excluding tert-OH is 1. The number of esters is 1. The molecule has 6 heteroatoms. The molecule has 1 unspecified atom stereocenters. The fourth-order valence-electron chi connectivity index (χ4n) is 4.17. The summed E-state index contributed by atoms with van der Waals surface area (Å²) in [5.74, 6) is 1.41. The van der Waals surface area contributed by atoms with Crippen molar-refractivity contribution in [3.8, 4) is 23.0 Å². The van der Waals surface area contributed by atoms with Crippen LogP contribution in [0.15, 0.2) is 97.1 Å². The number of rotatable bonds is 8. The van der Waals surface area contributed by atoms with E-state index in [9.17, 15) is 9.90 Å². The average molecular weight is 511 g/mol. The quantitative estimate of drug-likeness (QED) is 0.227. The van der Waals surface area contributed by atoms with E-state index in [1.807, 2.05) is 80.6 Å². The molecule has 1 heterocycles. The van der Waals surface area contributed by atoms with Crippen molar-refractivity contribution in [2.45, 2.75) is 45.2 Å². The van der Waals surface area contributed by atoms with E-state index in [4.69, 9.17) is 18.9 Å². The first-order valence-corrected chi connectivity index (χ1v) is 12.6. The summed E-state index contributed by atoms with van der Waals surface area (Å²) in [6.07, 6.45) is -0.135. The maximum Gasteiger partial charge on any atom is 0.343 e. The molecule has 4 aromatic carbocycles. The van der Waals surface area contributed by atoms with Gasteiger partial charge in [0.1, 0.15) is 30.3 Å². The molecule has 0 amide bonds. The van der Waals surface area contributed by atoms with Gasteiger partial charge in [0, 0.05) is 12.5 Å². The molecule has 5 rings (SSSR count). The fraction of sp³-hybridized carbons (Fsp3) is 0.219. The number of aliphatic hydroxyl groups is 1. The van der Waals surface area contributed by atoms with Crippen LogP contribution < -0.4 is 18.9 Å². The molecule has 0 radical (unpaired) electrons. The van der Waals surface area contributed by atoms with E-state index in [1.54, 1.807) is 30.3 Å². The van der Waals surface area contributed by atoms with Gasteiger partial charge in [-0.2, -0.15) is 0 Å². The predicted molar refractivity (Wildman–Crippen MR) is 144 cm³/mol. The minimum atomic E-state index is -0.726. The Morgan fingerprint density at radius 2 is 1.47 bits per heavy atom. The molecule has 1 atom stereocenters. The average Bonchev–Trinajstić information content (AvgIpc) is 2.92. The third-order valence-corrected chi connectivity index (χ3v) is 6.49. The molecule has 1 N–H and O–H groups in total. The number of benzene rings is 4. The van der Waals surface area contributed by atoms with Crippen LogP contribution in [0.3, 0.4) is 0 Å². The highest BCUT2D eigenvalue weighted by Crippen LogP contribution is 2.36. The highest BCUT2D eigenvalue weighted by Gasteiger charge is 2.35. The first-order chi connectivity index (χ1) is 18.4. The lowest BCUT2D eigenvalue weighted by Gasteiger charge is -2.37. The monoisotopic (exact) mass is 510 g/mol. The Balaban J connectivity index is 1.34. The highest BCUT2D eigenvalue weighted by molar-refractivity contribution is 5.92. The Morgan fingerprint density at radius 3 is 2.13 bits per heavy atom. The largest absolute Gasteiger partial charge is 0.485 e. The van der Waals surface area contributed by atoms with E-state index in [0.717, 1.165) is 16.7 Å². The number of hydrogen-bond acceptors (Lipinski definition) is 6. The lowest BCUT2D eigenvalue weighted by atomic mass is 9.91. The molecular weight excluding hydrogens is 480 g/mol. The molecule has 0 saturated heterocycles. The smallest absolute Gasteiger partial charge is 0.343 e. The Morgan fingerprint density at radius 1 is 0.842 bits per heavy atom. The van der Waals surface area contributed by atoms with Gasteiger partial charge in [-0.1, -0.05) is 66.7 Å². The summed E-state index contributed by atoms with van der Waals surface area (Å²) < 4.78 is 23.7. The van der Waals surface area contributed by atoms with Crippen molar-refractivity contribution in [1.82, 2.24) is 0 Å². The van der Waals surface area contributed by atoms with Gasteiger partial charge in [-0.3, -0.25) is 0 Å². The first kappa shape index (κ1) is 25.4. The molecule has 6 nitrogen and oxygen atoms in total. The van der Waals surface area contributed by atoms with E-state index in [1.165, 1.54) is 0 Å². The van der Waals surface area contributed by atoms with Gasteiger partial charge in [0.25, 0.3) is 0 Å². The summed E-state index contributed by atoms with van der Waals surface area (Å²) in [6, 6.07) is 29.9. The molecule has 0 aliphatic carbocycles. The molecule has 1 aliphatic heterocycles. The van der Waals surface area contributed by atoms with Gasteiger partial charge < -0.3 is 24.1 Å². The van der Waals surface area contributed by atoms with E-state index >= 15 is 0 Å². The van der Waals surface area contributed by atoms with E-state index < -0.39 is 17.7 Å². The SMILES string of the molecule is CC1(C)Oc2cc(OC(=O)c3ccc(OCc4ccccc4)c(OCc4ccccc4)c3)ccc2CC1O. The molecule has 0 spiro atoms. The summed E-state index contributed by atoms with van der Waals surface area (Å²) in [6.45, 7) is 4.35. The third kappa shape index (κ3) is 5.98. The second-order valence-electron chi connectivity index (χ2n) is 9.79. The van der Waals surface area contributed by atoms with Crippen molar-refractivity contribution in [1.29, 1.82) is 0 Å². The molecule has 4 aromatic rings. The van der Waals surface area contributed by atoms with Gasteiger partial charge in [0.2, 0.25) is 0 Å². The highest BCUT2D eigenvalue weighted by atomic mass is 16.5. The van der Waals surface area contributed by atoms with Crippen LogP contribution in [0.5, 0.6) is 23.0 Å². The fourth-order valence-corrected chi connectivity index (χ4v) is 4.17. The summed E-state index contributed by atoms with van der Waals surface area (Å²) >= 11 is 0. The second-order valence-corrected chi connectivity index (χ2v) is 9.79. The van der Waals surface area contributed by atoms with Crippen molar-refractivity contribution in [2.24, 2.45) is 0 Å². The zero-order valence-corrected chi connectivity index (χ0v) is 21.4. The molecular formula is C32H30O6. The van der Waals surface area contributed by atoms with Crippen LogP contribution in [0.1, 0.15) is 40.9 Å². The number of carbonyl (C=O) groups is 1. The van der Waals surface area contributed by atoms with Crippen LogP contribution in [0.25, 0.3) is 0 Å². The van der Waals surface area contributed by atoms with Crippen LogP contribution in [-0.2, 0) is 19.6 Å². The minimum absolute atomic E-state index is 0.324. The van der Waals surface area contributed by atoms with Gasteiger partial charge in [0.15, 0.2) is 11.5 Å². The van der Waals surface area contributed by atoms with Crippen LogP contribution in [0, 0.1) is 0 Å². The molecule has 0 bridgehead atoms. The lowest BCUT2D eigenvalue weighted by molar-refractivity contribution is -0.0412. The maximum absolute atomic E-state index is 13.1. The van der Waals surface area contributed by atoms with Crippen molar-refractivity contribution in [3.63, 3.8) is 0 Å². The summed E-state index contributed by atoms with van der Waals surface area (Å²) in [5, 5.41) is 10.3. The number of carbonyl (C=O) groups excluding carboxylic acids is 1. The van der Waals surface area contributed by atoms with Crippen molar-refractivity contribution < 1.29 is 28.8 Å². The van der Waals surface area contributed by atoms with Gasteiger partial charge >= 0.3 is 5.97 Å². The minimum Gasteiger partial charge on any atom is -0.485 e. The number of hydrogen-bond donors (Lipinski definition) is 1. The summed E-state index contributed by atoms with van der Waals surface area (Å²) in [4.78, 5) is 13.1. The van der Waals surface area contributed by atoms with Gasteiger partial charge in [-0.15, -0.1) is 0 Å². The summed E-state index contributed by atoms with van der Waals surface area (Å²) in [5.41, 5.74) is 2.49. The molecule has 194 valence electrons. The van der Waals surface area contributed by atoms with E-state index in [-0.39, 0.29) is 0 Å². The Bertz CT molecular complexity index is 1400. The lowest BCUT2D eigenvalue weighted by Crippen LogP contribution is -2.46. The number of fused-ring (bicyclic) bond motifs is 1. The Labute approximate surface area is 222 Å². The Hall–Kier alpha value is -4.29. The predicted octanol–water partition coefficient (Wildman–Crippen LogP) is 6.14. The molecule has 38 heavy (non-hydrogen) atoms. The zero-order valence-electron chi connectivity index (χ0n) is 21.4.